The van der Waals surface area contributed by atoms with Gasteiger partial charge in [0.15, 0.2) is 6.20 Å². The Morgan fingerprint density at radius 3 is 2.46 bits per heavy atom. The molecule has 1 radical (unpaired) electrons. The van der Waals surface area contributed by atoms with E-state index in [1.807, 2.05) is 6.20 Å². The third-order valence-corrected chi connectivity index (χ3v) is 5.10. The standard InChI is InChI=1S/C20H27N2O.Y/c1-16-8-6-9-17(2)20(16)14-19(23)15-21-12-7-13-22(21)18-10-4-3-5-11-18;/h6-9,12-13,18H,3-5,10-11,14-15H2,1-2H3;/q+1;. The molecule has 1 aromatic heterocycles. The van der Waals surface area contributed by atoms with E-state index in [0.29, 0.717) is 19.0 Å². The molecule has 0 atom stereocenters. The second-order valence-corrected chi connectivity index (χ2v) is 6.85. The van der Waals surface area contributed by atoms with Gasteiger partial charge in [0.2, 0.25) is 12.3 Å². The van der Waals surface area contributed by atoms with Gasteiger partial charge in [-0.05, 0) is 43.4 Å². The van der Waals surface area contributed by atoms with Crippen molar-refractivity contribution in [3.05, 3.63) is 53.3 Å². The number of ketones is 1. The molecule has 1 aromatic carbocycles. The Hall–Kier alpha value is -0.796. The molecular formula is C20H27N2OY+. The first-order chi connectivity index (χ1) is 11.1. The Bertz CT molecular complexity index is 666. The van der Waals surface area contributed by atoms with Crippen molar-refractivity contribution in [2.24, 2.45) is 0 Å². The summed E-state index contributed by atoms with van der Waals surface area (Å²) in [6.07, 6.45) is 11.1. The van der Waals surface area contributed by atoms with Crippen LogP contribution in [0.3, 0.4) is 0 Å². The fourth-order valence-corrected chi connectivity index (χ4v) is 3.76. The monoisotopic (exact) mass is 400 g/mol. The van der Waals surface area contributed by atoms with Gasteiger partial charge in [0.05, 0.1) is 12.2 Å². The van der Waals surface area contributed by atoms with Crippen LogP contribution >= 0.6 is 0 Å². The normalized spacial score (nSPS) is 15.1. The van der Waals surface area contributed by atoms with Crippen molar-refractivity contribution in [3.63, 3.8) is 0 Å². The Labute approximate surface area is 170 Å². The Morgan fingerprint density at radius 2 is 1.79 bits per heavy atom. The van der Waals surface area contributed by atoms with Gasteiger partial charge in [-0.25, -0.2) is 0 Å². The molecule has 24 heavy (non-hydrogen) atoms. The molecule has 3 rings (SSSR count). The van der Waals surface area contributed by atoms with Crippen molar-refractivity contribution < 1.29 is 42.2 Å². The molecule has 0 amide bonds. The summed E-state index contributed by atoms with van der Waals surface area (Å²) in [6.45, 7) is 4.65. The second kappa shape index (κ2) is 9.05. The molecule has 0 saturated heterocycles. The Kier molecular flexibility index (Phi) is 7.37. The fourth-order valence-electron chi connectivity index (χ4n) is 3.76. The van der Waals surface area contributed by atoms with Crippen LogP contribution in [-0.4, -0.2) is 10.5 Å². The Balaban J connectivity index is 0.00000208. The number of aryl methyl sites for hydroxylation is 2. The summed E-state index contributed by atoms with van der Waals surface area (Å²) >= 11 is 0. The molecule has 1 saturated carbocycles. The van der Waals surface area contributed by atoms with Crippen LogP contribution in [0.1, 0.15) is 54.8 Å². The van der Waals surface area contributed by atoms with Crippen molar-refractivity contribution >= 4 is 5.78 Å². The minimum Gasteiger partial charge on any atom is -0.292 e. The van der Waals surface area contributed by atoms with Gasteiger partial charge in [0, 0.05) is 45.2 Å². The Morgan fingerprint density at radius 1 is 1.12 bits per heavy atom. The maximum Gasteiger partial charge on any atom is 0.230 e. The summed E-state index contributed by atoms with van der Waals surface area (Å²) < 4.78 is 4.38. The summed E-state index contributed by atoms with van der Waals surface area (Å²) in [5.41, 5.74) is 3.62. The summed E-state index contributed by atoms with van der Waals surface area (Å²) in [4.78, 5) is 12.6. The van der Waals surface area contributed by atoms with Crippen LogP contribution in [0.4, 0.5) is 0 Å². The number of rotatable bonds is 5. The summed E-state index contributed by atoms with van der Waals surface area (Å²) in [5, 5.41) is 0. The third kappa shape index (κ3) is 4.64. The van der Waals surface area contributed by atoms with E-state index in [0.717, 1.165) is 0 Å². The van der Waals surface area contributed by atoms with E-state index in [4.69, 9.17) is 0 Å². The number of carbonyl (C=O) groups excluding carboxylic acids is 1. The van der Waals surface area contributed by atoms with Gasteiger partial charge < -0.3 is 0 Å². The maximum atomic E-state index is 12.6. The van der Waals surface area contributed by atoms with Gasteiger partial charge >= 0.3 is 0 Å². The SMILES string of the molecule is Cc1cccc(C)c1CC(=O)C[n+]1cccn1C1CCCCC1.[Y]. The van der Waals surface area contributed by atoms with E-state index in [1.165, 1.54) is 48.8 Å². The number of nitrogens with zero attached hydrogens (tertiary/aromatic N) is 2. The number of benzene rings is 1. The van der Waals surface area contributed by atoms with Gasteiger partial charge in [0.25, 0.3) is 0 Å². The predicted octanol–water partition coefficient (Wildman–Crippen LogP) is 3.71. The van der Waals surface area contributed by atoms with E-state index in [-0.39, 0.29) is 38.5 Å². The first-order valence-corrected chi connectivity index (χ1v) is 8.78. The summed E-state index contributed by atoms with van der Waals surface area (Å²) in [6, 6.07) is 8.86. The average Bonchev–Trinajstić information content (AvgIpc) is 3.00. The van der Waals surface area contributed by atoms with Crippen molar-refractivity contribution in [3.8, 4) is 0 Å². The van der Waals surface area contributed by atoms with Crippen LogP contribution in [0.2, 0.25) is 0 Å². The molecule has 0 N–H and O–H groups in total. The number of aromatic nitrogens is 2. The fraction of sp³-hybridized carbons (Fsp3) is 0.500. The molecule has 4 heteroatoms. The molecule has 0 aliphatic heterocycles. The molecule has 1 aliphatic rings. The molecule has 2 aromatic rings. The van der Waals surface area contributed by atoms with Gasteiger partial charge in [0.1, 0.15) is 0 Å². The van der Waals surface area contributed by atoms with E-state index in [2.05, 4.69) is 53.7 Å². The number of hydrogen-bond acceptors (Lipinski definition) is 1. The number of hydrogen-bond donors (Lipinski definition) is 0. The van der Waals surface area contributed by atoms with Crippen molar-refractivity contribution in [1.82, 2.24) is 4.68 Å². The second-order valence-electron chi connectivity index (χ2n) is 6.85. The topological polar surface area (TPSA) is 25.9 Å². The molecule has 0 spiro atoms. The largest absolute Gasteiger partial charge is 0.292 e. The van der Waals surface area contributed by atoms with Gasteiger partial charge in [-0.2, -0.15) is 4.68 Å². The molecule has 125 valence electrons. The molecular weight excluding hydrogens is 373 g/mol. The van der Waals surface area contributed by atoms with Crippen LogP contribution < -0.4 is 4.68 Å². The maximum absolute atomic E-state index is 12.6. The van der Waals surface area contributed by atoms with Crippen molar-refractivity contribution in [2.45, 2.75) is 65.0 Å². The zero-order chi connectivity index (χ0) is 16.2. The van der Waals surface area contributed by atoms with E-state index < -0.39 is 0 Å². The van der Waals surface area contributed by atoms with Gasteiger partial charge in [-0.15, -0.1) is 4.68 Å². The smallest absolute Gasteiger partial charge is 0.230 e. The molecule has 1 fully saturated rings. The summed E-state index contributed by atoms with van der Waals surface area (Å²) in [5.74, 6) is 0.281. The molecule has 0 bridgehead atoms. The van der Waals surface area contributed by atoms with Gasteiger partial charge in [-0.3, -0.25) is 4.79 Å². The average molecular weight is 400 g/mol. The minimum atomic E-state index is 0. The number of carbonyl (C=O) groups is 1. The molecule has 1 heterocycles. The predicted molar refractivity (Wildman–Crippen MR) is 91.4 cm³/mol. The van der Waals surface area contributed by atoms with Crippen LogP contribution in [0.5, 0.6) is 0 Å². The quantitative estimate of drug-likeness (QED) is 0.703. The van der Waals surface area contributed by atoms with Gasteiger partial charge in [-0.1, -0.05) is 37.5 Å². The van der Waals surface area contributed by atoms with Crippen LogP contribution in [0, 0.1) is 13.8 Å². The third-order valence-electron chi connectivity index (χ3n) is 5.10. The van der Waals surface area contributed by atoms with E-state index >= 15 is 0 Å². The first-order valence-electron chi connectivity index (χ1n) is 8.78. The summed E-state index contributed by atoms with van der Waals surface area (Å²) in [7, 11) is 0. The van der Waals surface area contributed by atoms with Crippen molar-refractivity contribution in [1.29, 1.82) is 0 Å². The van der Waals surface area contributed by atoms with Crippen LogP contribution in [-0.2, 0) is 50.5 Å². The van der Waals surface area contributed by atoms with Crippen LogP contribution in [0.25, 0.3) is 0 Å². The first kappa shape index (κ1) is 19.5. The minimum absolute atomic E-state index is 0. The number of Topliss-reactive ketones (excluding diaryl/α,β-unsaturated/α-hetero) is 1. The molecule has 3 nitrogen and oxygen atoms in total. The molecule has 1 aliphatic carbocycles. The van der Waals surface area contributed by atoms with E-state index in [1.54, 1.807) is 0 Å². The zero-order valence-corrected chi connectivity index (χ0v) is 17.7. The zero-order valence-electron chi connectivity index (χ0n) is 14.9. The van der Waals surface area contributed by atoms with Crippen LogP contribution in [0.15, 0.2) is 36.7 Å². The molecule has 0 unspecified atom stereocenters. The van der Waals surface area contributed by atoms with E-state index in [9.17, 15) is 4.79 Å². The van der Waals surface area contributed by atoms with Crippen molar-refractivity contribution in [2.75, 3.05) is 0 Å².